The normalized spacial score (nSPS) is 16.3. The number of hydrogen-bond acceptors (Lipinski definition) is 4. The Morgan fingerprint density at radius 2 is 2.06 bits per heavy atom. The molecule has 1 heterocycles. The van der Waals surface area contributed by atoms with Crippen LogP contribution in [0, 0.1) is 0 Å². The summed E-state index contributed by atoms with van der Waals surface area (Å²) >= 11 is 0. The fourth-order valence-corrected chi connectivity index (χ4v) is 2.90. The van der Waals surface area contributed by atoms with E-state index in [9.17, 15) is 0 Å². The molecular weight excluding hydrogens is 226 g/mol. The van der Waals surface area contributed by atoms with Crippen molar-refractivity contribution in [3.05, 3.63) is 23.9 Å². The SMILES string of the molecule is COc1ccc2cnc(N)nc2c1C1CCCC1. The van der Waals surface area contributed by atoms with Crippen LogP contribution in [-0.4, -0.2) is 17.1 Å². The number of anilines is 1. The average Bonchev–Trinajstić information content (AvgIpc) is 2.90. The van der Waals surface area contributed by atoms with E-state index in [0.717, 1.165) is 16.7 Å². The molecular formula is C14H17N3O. The molecule has 4 heteroatoms. The molecule has 0 amide bonds. The minimum Gasteiger partial charge on any atom is -0.496 e. The van der Waals surface area contributed by atoms with Crippen LogP contribution in [0.25, 0.3) is 10.9 Å². The standard InChI is InChI=1S/C14H17N3O/c1-18-11-7-6-10-8-16-14(15)17-13(10)12(11)9-4-2-3-5-9/h6-9H,2-5H2,1H3,(H2,15,16,17). The van der Waals surface area contributed by atoms with Gasteiger partial charge in [0.25, 0.3) is 0 Å². The number of fused-ring (bicyclic) bond motifs is 1. The van der Waals surface area contributed by atoms with E-state index < -0.39 is 0 Å². The predicted octanol–water partition coefficient (Wildman–Crippen LogP) is 2.88. The van der Waals surface area contributed by atoms with Crippen LogP contribution in [0.15, 0.2) is 18.3 Å². The maximum absolute atomic E-state index is 5.72. The summed E-state index contributed by atoms with van der Waals surface area (Å²) in [5, 5.41) is 1.03. The maximum atomic E-state index is 5.72. The third-order valence-corrected chi connectivity index (χ3v) is 3.75. The first-order chi connectivity index (χ1) is 8.79. The van der Waals surface area contributed by atoms with E-state index in [4.69, 9.17) is 10.5 Å². The lowest BCUT2D eigenvalue weighted by atomic mass is 9.94. The summed E-state index contributed by atoms with van der Waals surface area (Å²) in [6.45, 7) is 0. The Balaban J connectivity index is 2.25. The summed E-state index contributed by atoms with van der Waals surface area (Å²) < 4.78 is 5.50. The molecule has 94 valence electrons. The van der Waals surface area contributed by atoms with Gasteiger partial charge in [0.15, 0.2) is 0 Å². The van der Waals surface area contributed by atoms with Crippen molar-refractivity contribution in [3.8, 4) is 5.75 Å². The van der Waals surface area contributed by atoms with Crippen molar-refractivity contribution >= 4 is 16.9 Å². The molecule has 0 spiro atoms. The summed E-state index contributed by atoms with van der Waals surface area (Å²) in [6, 6.07) is 4.00. The van der Waals surface area contributed by atoms with Gasteiger partial charge in [0.2, 0.25) is 5.95 Å². The van der Waals surface area contributed by atoms with Crippen molar-refractivity contribution in [2.45, 2.75) is 31.6 Å². The molecule has 3 rings (SSSR count). The molecule has 2 aromatic rings. The van der Waals surface area contributed by atoms with E-state index in [2.05, 4.69) is 9.97 Å². The first-order valence-electron chi connectivity index (χ1n) is 6.38. The van der Waals surface area contributed by atoms with Gasteiger partial charge in [-0.3, -0.25) is 0 Å². The molecule has 0 atom stereocenters. The quantitative estimate of drug-likeness (QED) is 0.881. The van der Waals surface area contributed by atoms with Crippen molar-refractivity contribution in [1.29, 1.82) is 0 Å². The number of nitrogens with zero attached hydrogens (tertiary/aromatic N) is 2. The number of ether oxygens (including phenoxy) is 1. The van der Waals surface area contributed by atoms with Gasteiger partial charge in [-0.15, -0.1) is 0 Å². The van der Waals surface area contributed by atoms with Gasteiger partial charge in [-0.1, -0.05) is 12.8 Å². The third kappa shape index (κ3) is 1.78. The Kier molecular flexibility index (Phi) is 2.78. The van der Waals surface area contributed by atoms with Gasteiger partial charge in [0, 0.05) is 17.1 Å². The summed E-state index contributed by atoms with van der Waals surface area (Å²) in [5.41, 5.74) is 7.88. The molecule has 2 N–H and O–H groups in total. The van der Waals surface area contributed by atoms with Crippen molar-refractivity contribution in [2.24, 2.45) is 0 Å². The van der Waals surface area contributed by atoms with E-state index >= 15 is 0 Å². The molecule has 0 saturated heterocycles. The van der Waals surface area contributed by atoms with E-state index in [0.29, 0.717) is 11.9 Å². The lowest BCUT2D eigenvalue weighted by Crippen LogP contribution is -2.02. The first-order valence-corrected chi connectivity index (χ1v) is 6.38. The highest BCUT2D eigenvalue weighted by Gasteiger charge is 2.23. The largest absolute Gasteiger partial charge is 0.496 e. The summed E-state index contributed by atoms with van der Waals surface area (Å²) in [5.74, 6) is 1.79. The van der Waals surface area contributed by atoms with E-state index in [1.807, 2.05) is 12.1 Å². The van der Waals surface area contributed by atoms with E-state index in [-0.39, 0.29) is 0 Å². The molecule has 1 aliphatic carbocycles. The molecule has 1 fully saturated rings. The number of rotatable bonds is 2. The smallest absolute Gasteiger partial charge is 0.220 e. The van der Waals surface area contributed by atoms with Gasteiger partial charge in [0.05, 0.1) is 12.6 Å². The first kappa shape index (κ1) is 11.3. The molecule has 0 bridgehead atoms. The number of nitrogen functional groups attached to an aromatic ring is 1. The highest BCUT2D eigenvalue weighted by Crippen LogP contribution is 2.41. The van der Waals surface area contributed by atoms with E-state index in [1.54, 1.807) is 13.3 Å². The fourth-order valence-electron chi connectivity index (χ4n) is 2.90. The van der Waals surface area contributed by atoms with Crippen molar-refractivity contribution in [1.82, 2.24) is 9.97 Å². The Bertz CT molecular complexity index is 577. The Morgan fingerprint density at radius 3 is 2.78 bits per heavy atom. The molecule has 0 radical (unpaired) electrons. The van der Waals surface area contributed by atoms with Crippen LogP contribution in [0.3, 0.4) is 0 Å². The number of nitrogens with two attached hydrogens (primary N) is 1. The van der Waals surface area contributed by atoms with Crippen LogP contribution >= 0.6 is 0 Å². The Hall–Kier alpha value is -1.84. The average molecular weight is 243 g/mol. The van der Waals surface area contributed by atoms with Gasteiger partial charge in [-0.05, 0) is 30.9 Å². The number of aromatic nitrogens is 2. The second-order valence-corrected chi connectivity index (χ2v) is 4.83. The topological polar surface area (TPSA) is 61.0 Å². The molecule has 1 saturated carbocycles. The van der Waals surface area contributed by atoms with Gasteiger partial charge in [-0.2, -0.15) is 0 Å². The van der Waals surface area contributed by atoms with Gasteiger partial charge >= 0.3 is 0 Å². The fraction of sp³-hybridized carbons (Fsp3) is 0.429. The van der Waals surface area contributed by atoms with Crippen molar-refractivity contribution in [3.63, 3.8) is 0 Å². The van der Waals surface area contributed by atoms with Gasteiger partial charge in [-0.25, -0.2) is 9.97 Å². The van der Waals surface area contributed by atoms with Crippen LogP contribution in [-0.2, 0) is 0 Å². The minimum atomic E-state index is 0.329. The lowest BCUT2D eigenvalue weighted by Gasteiger charge is -2.16. The lowest BCUT2D eigenvalue weighted by molar-refractivity contribution is 0.406. The predicted molar refractivity (Wildman–Crippen MR) is 71.7 cm³/mol. The van der Waals surface area contributed by atoms with Crippen LogP contribution in [0.4, 0.5) is 5.95 Å². The monoisotopic (exact) mass is 243 g/mol. The van der Waals surface area contributed by atoms with Gasteiger partial charge < -0.3 is 10.5 Å². The second-order valence-electron chi connectivity index (χ2n) is 4.83. The second kappa shape index (κ2) is 4.44. The molecule has 18 heavy (non-hydrogen) atoms. The van der Waals surface area contributed by atoms with Crippen molar-refractivity contribution < 1.29 is 4.74 Å². The zero-order valence-corrected chi connectivity index (χ0v) is 10.5. The van der Waals surface area contributed by atoms with E-state index in [1.165, 1.54) is 31.2 Å². The number of methoxy groups -OCH3 is 1. The summed E-state index contributed by atoms with van der Waals surface area (Å²) in [6.07, 6.45) is 6.77. The molecule has 1 aliphatic rings. The van der Waals surface area contributed by atoms with Crippen LogP contribution < -0.4 is 10.5 Å². The van der Waals surface area contributed by atoms with Gasteiger partial charge in [0.1, 0.15) is 5.75 Å². The number of benzene rings is 1. The summed E-state index contributed by atoms with van der Waals surface area (Å²) in [7, 11) is 1.71. The zero-order chi connectivity index (χ0) is 12.5. The molecule has 0 unspecified atom stereocenters. The molecule has 0 aliphatic heterocycles. The summed E-state index contributed by atoms with van der Waals surface area (Å²) in [4.78, 5) is 8.47. The van der Waals surface area contributed by atoms with Crippen LogP contribution in [0.2, 0.25) is 0 Å². The van der Waals surface area contributed by atoms with Crippen molar-refractivity contribution in [2.75, 3.05) is 12.8 Å². The highest BCUT2D eigenvalue weighted by atomic mass is 16.5. The van der Waals surface area contributed by atoms with Crippen LogP contribution in [0.1, 0.15) is 37.2 Å². The number of hydrogen-bond donors (Lipinski definition) is 1. The maximum Gasteiger partial charge on any atom is 0.220 e. The third-order valence-electron chi connectivity index (χ3n) is 3.75. The molecule has 1 aromatic heterocycles. The highest BCUT2D eigenvalue weighted by molar-refractivity contribution is 5.84. The molecule has 1 aromatic carbocycles. The molecule has 4 nitrogen and oxygen atoms in total. The zero-order valence-electron chi connectivity index (χ0n) is 10.5. The Labute approximate surface area is 106 Å². The minimum absolute atomic E-state index is 0.329. The van der Waals surface area contributed by atoms with Crippen LogP contribution in [0.5, 0.6) is 5.75 Å². The Morgan fingerprint density at radius 1 is 1.28 bits per heavy atom.